The van der Waals surface area contributed by atoms with Crippen molar-refractivity contribution in [3.8, 4) is 0 Å². The Labute approximate surface area is 209 Å². The fraction of sp³-hybridized carbons (Fsp3) is 0.308. The van der Waals surface area contributed by atoms with E-state index in [2.05, 4.69) is 21.1 Å². The number of halogens is 2. The van der Waals surface area contributed by atoms with E-state index in [1.165, 1.54) is 11.6 Å². The standard InChI is InChI=1S/C26H26ClFN4O2S/c1-35(33,34)32-25(30-21-9-6-19(27)7-10-21)31-26(13-14-26)18-4-2-17(3-5-18)22-12-15-29-24-11-8-20(28)16-23(22)24/h4,6-12,15-17H,2-3,5,13-14H2,1H3,(H2,30,31,32). The summed E-state index contributed by atoms with van der Waals surface area (Å²) < 4.78 is 40.4. The Hall–Kier alpha value is -2.97. The van der Waals surface area contributed by atoms with Crippen LogP contribution in [0.3, 0.4) is 0 Å². The van der Waals surface area contributed by atoms with Crippen molar-refractivity contribution in [2.24, 2.45) is 4.99 Å². The minimum absolute atomic E-state index is 0.200. The van der Waals surface area contributed by atoms with Gasteiger partial charge in [0.1, 0.15) is 5.82 Å². The maximum absolute atomic E-state index is 13.9. The van der Waals surface area contributed by atoms with Gasteiger partial charge in [-0.2, -0.15) is 0 Å². The Kier molecular flexibility index (Phi) is 6.27. The van der Waals surface area contributed by atoms with E-state index in [4.69, 9.17) is 16.6 Å². The van der Waals surface area contributed by atoms with Crippen molar-refractivity contribution in [1.29, 1.82) is 0 Å². The molecular weight excluding hydrogens is 487 g/mol. The third kappa shape index (κ3) is 5.49. The van der Waals surface area contributed by atoms with Crippen LogP contribution in [0.25, 0.3) is 10.9 Å². The number of hydrogen-bond donors (Lipinski definition) is 2. The smallest absolute Gasteiger partial charge is 0.232 e. The molecule has 2 aliphatic carbocycles. The third-order valence-corrected chi connectivity index (χ3v) is 7.44. The minimum Gasteiger partial charge on any atom is -0.326 e. The van der Waals surface area contributed by atoms with Gasteiger partial charge in [-0.15, -0.1) is 0 Å². The van der Waals surface area contributed by atoms with E-state index in [0.29, 0.717) is 10.7 Å². The summed E-state index contributed by atoms with van der Waals surface area (Å²) in [5.41, 5.74) is 3.43. The van der Waals surface area contributed by atoms with Crippen molar-refractivity contribution >= 4 is 44.2 Å². The number of benzene rings is 2. The number of fused-ring (bicyclic) bond motifs is 1. The van der Waals surface area contributed by atoms with Crippen molar-refractivity contribution in [3.63, 3.8) is 0 Å². The molecule has 1 unspecified atom stereocenters. The van der Waals surface area contributed by atoms with E-state index < -0.39 is 15.6 Å². The largest absolute Gasteiger partial charge is 0.326 e. The molecule has 5 rings (SSSR count). The number of anilines is 1. The predicted molar refractivity (Wildman–Crippen MR) is 139 cm³/mol. The average Bonchev–Trinajstić information content (AvgIpc) is 3.60. The van der Waals surface area contributed by atoms with E-state index >= 15 is 0 Å². The summed E-state index contributed by atoms with van der Waals surface area (Å²) in [5, 5.41) is 4.54. The molecule has 0 amide bonds. The second-order valence-corrected chi connectivity index (χ2v) is 11.4. The Morgan fingerprint density at radius 2 is 1.94 bits per heavy atom. The summed E-state index contributed by atoms with van der Waals surface area (Å²) >= 11 is 5.97. The van der Waals surface area contributed by atoms with Crippen molar-refractivity contribution < 1.29 is 12.8 Å². The lowest BCUT2D eigenvalue weighted by molar-refractivity contribution is 0.565. The molecule has 35 heavy (non-hydrogen) atoms. The number of aliphatic imine (C=N–C) groups is 1. The highest BCUT2D eigenvalue weighted by molar-refractivity contribution is 7.89. The van der Waals surface area contributed by atoms with Crippen LogP contribution in [0.5, 0.6) is 0 Å². The molecule has 1 heterocycles. The number of pyridine rings is 1. The van der Waals surface area contributed by atoms with E-state index in [1.54, 1.807) is 42.6 Å². The fourth-order valence-corrected chi connectivity index (χ4v) is 5.37. The molecule has 2 aliphatic rings. The zero-order valence-corrected chi connectivity index (χ0v) is 20.8. The zero-order valence-electron chi connectivity index (χ0n) is 19.3. The number of rotatable bonds is 5. The van der Waals surface area contributed by atoms with E-state index in [0.717, 1.165) is 54.8 Å². The summed E-state index contributed by atoms with van der Waals surface area (Å²) in [6.07, 6.45) is 9.44. The molecule has 1 aromatic heterocycles. The molecule has 3 aromatic rings. The van der Waals surface area contributed by atoms with Gasteiger partial charge in [0.15, 0.2) is 0 Å². The Bertz CT molecular complexity index is 1430. The van der Waals surface area contributed by atoms with Gasteiger partial charge in [-0.1, -0.05) is 17.7 Å². The van der Waals surface area contributed by atoms with Crippen LogP contribution in [0.2, 0.25) is 5.02 Å². The normalized spacial score (nSPS) is 19.8. The SMILES string of the molecule is CS(=O)(=O)NC(=NC1(C2=CCC(c3ccnc4ccc(F)cc34)CC2)CC1)Nc1ccc(Cl)cc1. The van der Waals surface area contributed by atoms with Crippen LogP contribution in [0, 0.1) is 5.82 Å². The fourth-order valence-electron chi connectivity index (χ4n) is 4.79. The van der Waals surface area contributed by atoms with Gasteiger partial charge in [-0.3, -0.25) is 9.71 Å². The summed E-state index contributed by atoms with van der Waals surface area (Å²) in [5.74, 6) is 0.210. The first kappa shape index (κ1) is 23.8. The second kappa shape index (κ2) is 9.24. The quantitative estimate of drug-likeness (QED) is 0.258. The molecule has 0 spiro atoms. The lowest BCUT2D eigenvalue weighted by Gasteiger charge is -2.27. The molecular formula is C26H26ClFN4O2S. The highest BCUT2D eigenvalue weighted by atomic mass is 35.5. The number of nitrogens with zero attached hydrogens (tertiary/aromatic N) is 2. The summed E-state index contributed by atoms with van der Waals surface area (Å²) in [6.45, 7) is 0. The molecule has 0 aliphatic heterocycles. The molecule has 2 N–H and O–H groups in total. The minimum atomic E-state index is -3.52. The van der Waals surface area contributed by atoms with E-state index in [9.17, 15) is 12.8 Å². The number of sulfonamides is 1. The average molecular weight is 513 g/mol. The maximum atomic E-state index is 13.9. The van der Waals surface area contributed by atoms with Gasteiger partial charge in [0.05, 0.1) is 17.3 Å². The Morgan fingerprint density at radius 3 is 2.60 bits per heavy atom. The summed E-state index contributed by atoms with van der Waals surface area (Å²) in [6, 6.07) is 13.7. The first-order valence-corrected chi connectivity index (χ1v) is 13.8. The molecule has 1 atom stereocenters. The lowest BCUT2D eigenvalue weighted by Crippen LogP contribution is -2.37. The number of aromatic nitrogens is 1. The van der Waals surface area contributed by atoms with E-state index in [-0.39, 0.29) is 17.7 Å². The number of guanidine groups is 1. The monoisotopic (exact) mass is 512 g/mol. The predicted octanol–water partition coefficient (Wildman–Crippen LogP) is 5.77. The molecule has 0 saturated heterocycles. The van der Waals surface area contributed by atoms with Gasteiger partial charge >= 0.3 is 0 Å². The van der Waals surface area contributed by atoms with Gasteiger partial charge in [-0.05, 0) is 97.7 Å². The van der Waals surface area contributed by atoms with Crippen molar-refractivity contribution in [2.45, 2.75) is 43.6 Å². The highest BCUT2D eigenvalue weighted by Gasteiger charge is 2.47. The van der Waals surface area contributed by atoms with Gasteiger partial charge in [-0.25, -0.2) is 17.8 Å². The summed E-state index contributed by atoms with van der Waals surface area (Å²) in [7, 11) is -3.52. The molecule has 9 heteroatoms. The molecule has 0 radical (unpaired) electrons. The first-order valence-electron chi connectivity index (χ1n) is 11.5. The van der Waals surface area contributed by atoms with Gasteiger partial charge in [0.25, 0.3) is 0 Å². The Balaban J connectivity index is 1.39. The summed E-state index contributed by atoms with van der Waals surface area (Å²) in [4.78, 5) is 9.23. The van der Waals surface area contributed by atoms with Crippen LogP contribution in [0.1, 0.15) is 43.6 Å². The van der Waals surface area contributed by atoms with Crippen LogP contribution in [-0.2, 0) is 10.0 Å². The second-order valence-electron chi connectivity index (χ2n) is 9.26. The maximum Gasteiger partial charge on any atom is 0.232 e. The van der Waals surface area contributed by atoms with Gasteiger partial charge in [0.2, 0.25) is 16.0 Å². The zero-order chi connectivity index (χ0) is 24.6. The number of nitrogens with one attached hydrogen (secondary N) is 2. The van der Waals surface area contributed by atoms with Crippen LogP contribution in [0.15, 0.2) is 71.4 Å². The highest BCUT2D eigenvalue weighted by Crippen LogP contribution is 2.51. The first-order chi connectivity index (χ1) is 16.7. The van der Waals surface area contributed by atoms with Crippen LogP contribution in [0.4, 0.5) is 10.1 Å². The molecule has 1 fully saturated rings. The van der Waals surface area contributed by atoms with Crippen molar-refractivity contribution in [3.05, 3.63) is 82.8 Å². The number of allylic oxidation sites excluding steroid dienone is 1. The van der Waals surface area contributed by atoms with Crippen LogP contribution in [-0.4, -0.2) is 31.2 Å². The Morgan fingerprint density at radius 1 is 1.17 bits per heavy atom. The van der Waals surface area contributed by atoms with Gasteiger partial charge in [0, 0.05) is 22.3 Å². The van der Waals surface area contributed by atoms with Crippen molar-refractivity contribution in [1.82, 2.24) is 9.71 Å². The molecule has 2 aromatic carbocycles. The number of hydrogen-bond acceptors (Lipinski definition) is 4. The molecule has 1 saturated carbocycles. The van der Waals surface area contributed by atoms with Gasteiger partial charge < -0.3 is 5.32 Å². The van der Waals surface area contributed by atoms with Crippen LogP contribution < -0.4 is 10.0 Å². The van der Waals surface area contributed by atoms with Crippen molar-refractivity contribution in [2.75, 3.05) is 11.6 Å². The molecule has 6 nitrogen and oxygen atoms in total. The van der Waals surface area contributed by atoms with E-state index in [1.807, 2.05) is 6.07 Å². The topological polar surface area (TPSA) is 83.5 Å². The van der Waals surface area contributed by atoms with Crippen LogP contribution >= 0.6 is 11.6 Å². The molecule has 0 bridgehead atoms. The molecule has 182 valence electrons. The third-order valence-electron chi connectivity index (χ3n) is 6.62. The lowest BCUT2D eigenvalue weighted by atomic mass is 9.81.